The summed E-state index contributed by atoms with van der Waals surface area (Å²) in [5.74, 6) is 0. The molecule has 0 aliphatic rings. The monoisotopic (exact) mass is 317 g/mol. The van der Waals surface area contributed by atoms with Crippen LogP contribution < -0.4 is 10.6 Å². The molecule has 6 heteroatoms. The lowest BCUT2D eigenvalue weighted by Crippen LogP contribution is -2.34. The molecule has 0 unspecified atom stereocenters. The van der Waals surface area contributed by atoms with Crippen molar-refractivity contribution in [2.24, 2.45) is 0 Å². The van der Waals surface area contributed by atoms with Crippen molar-refractivity contribution in [2.45, 2.75) is 20.0 Å². The molecule has 1 aromatic carbocycles. The van der Waals surface area contributed by atoms with Crippen molar-refractivity contribution < 1.29 is 4.79 Å². The molecule has 2 amide bonds. The normalized spacial score (nSPS) is 10.7. The molecule has 4 nitrogen and oxygen atoms in total. The lowest BCUT2D eigenvalue weighted by Gasteiger charge is -2.06. The van der Waals surface area contributed by atoms with E-state index in [0.717, 1.165) is 16.3 Å². The number of fused-ring (bicyclic) bond motifs is 1. The Hall–Kier alpha value is -1.92. The minimum absolute atomic E-state index is 0.170. The van der Waals surface area contributed by atoms with Crippen LogP contribution >= 0.6 is 22.7 Å². The summed E-state index contributed by atoms with van der Waals surface area (Å²) in [6.45, 7) is 2.95. The van der Waals surface area contributed by atoms with E-state index in [1.54, 1.807) is 22.7 Å². The molecule has 0 fully saturated rings. The van der Waals surface area contributed by atoms with E-state index in [0.29, 0.717) is 13.1 Å². The van der Waals surface area contributed by atoms with Gasteiger partial charge in [-0.2, -0.15) is 0 Å². The molecule has 2 heterocycles. The van der Waals surface area contributed by atoms with E-state index in [-0.39, 0.29) is 6.03 Å². The van der Waals surface area contributed by atoms with Crippen molar-refractivity contribution >= 4 is 38.8 Å². The van der Waals surface area contributed by atoms with Gasteiger partial charge >= 0.3 is 6.03 Å². The van der Waals surface area contributed by atoms with Gasteiger partial charge in [0.2, 0.25) is 0 Å². The fourth-order valence-electron chi connectivity index (χ4n) is 2.07. The van der Waals surface area contributed by atoms with Gasteiger partial charge in [0.05, 0.1) is 17.2 Å². The van der Waals surface area contributed by atoms with E-state index >= 15 is 0 Å². The third-order valence-corrected chi connectivity index (χ3v) is 4.93. The third kappa shape index (κ3) is 3.40. The van der Waals surface area contributed by atoms with Crippen molar-refractivity contribution in [3.8, 4) is 0 Å². The predicted octanol–water partition coefficient (Wildman–Crippen LogP) is 3.67. The Kier molecular flexibility index (Phi) is 4.17. The van der Waals surface area contributed by atoms with Crippen LogP contribution in [0.15, 0.2) is 35.0 Å². The quantitative estimate of drug-likeness (QED) is 0.771. The van der Waals surface area contributed by atoms with Crippen molar-refractivity contribution in [1.82, 2.24) is 15.6 Å². The fourth-order valence-corrected chi connectivity index (χ4v) is 3.64. The Bertz CT molecular complexity index is 763. The van der Waals surface area contributed by atoms with E-state index in [9.17, 15) is 4.79 Å². The Morgan fingerprint density at radius 1 is 1.14 bits per heavy atom. The zero-order valence-corrected chi connectivity index (χ0v) is 13.2. The van der Waals surface area contributed by atoms with Crippen molar-refractivity contribution in [1.29, 1.82) is 0 Å². The zero-order valence-electron chi connectivity index (χ0n) is 11.6. The van der Waals surface area contributed by atoms with Crippen LogP contribution in [0.2, 0.25) is 0 Å². The zero-order chi connectivity index (χ0) is 14.7. The Morgan fingerprint density at radius 3 is 2.76 bits per heavy atom. The molecule has 21 heavy (non-hydrogen) atoms. The predicted molar refractivity (Wildman–Crippen MR) is 87.8 cm³/mol. The lowest BCUT2D eigenvalue weighted by atomic mass is 10.2. The average Bonchev–Trinajstić information content (AvgIpc) is 3.09. The van der Waals surface area contributed by atoms with Gasteiger partial charge in [0.25, 0.3) is 0 Å². The molecule has 2 aromatic heterocycles. The first-order chi connectivity index (χ1) is 10.2. The molecule has 0 aliphatic heterocycles. The van der Waals surface area contributed by atoms with Gasteiger partial charge in [-0.3, -0.25) is 0 Å². The molecule has 0 radical (unpaired) electrons. The number of hydrogen-bond acceptors (Lipinski definition) is 4. The summed E-state index contributed by atoms with van der Waals surface area (Å²) in [6, 6.07) is 8.05. The minimum atomic E-state index is -0.170. The number of amides is 2. The molecule has 0 saturated carbocycles. The van der Waals surface area contributed by atoms with Gasteiger partial charge in [-0.25, -0.2) is 9.78 Å². The van der Waals surface area contributed by atoms with Gasteiger partial charge in [0.1, 0.15) is 0 Å². The first kappa shape index (κ1) is 14.0. The van der Waals surface area contributed by atoms with E-state index in [4.69, 9.17) is 0 Å². The number of carbonyl (C=O) groups excluding carboxylic acids is 1. The number of urea groups is 1. The van der Waals surface area contributed by atoms with Gasteiger partial charge in [0.15, 0.2) is 0 Å². The van der Waals surface area contributed by atoms with Gasteiger partial charge in [0, 0.05) is 16.6 Å². The molecule has 0 atom stereocenters. The summed E-state index contributed by atoms with van der Waals surface area (Å²) in [4.78, 5) is 16.1. The highest BCUT2D eigenvalue weighted by molar-refractivity contribution is 7.17. The molecule has 108 valence electrons. The van der Waals surface area contributed by atoms with Crippen LogP contribution in [-0.2, 0) is 13.1 Å². The van der Waals surface area contributed by atoms with Crippen LogP contribution in [0.5, 0.6) is 0 Å². The summed E-state index contributed by atoms with van der Waals surface area (Å²) >= 11 is 3.29. The van der Waals surface area contributed by atoms with Crippen molar-refractivity contribution in [3.63, 3.8) is 0 Å². The van der Waals surface area contributed by atoms with Crippen molar-refractivity contribution in [3.05, 3.63) is 51.3 Å². The van der Waals surface area contributed by atoms with Crippen molar-refractivity contribution in [2.75, 3.05) is 0 Å². The number of aromatic nitrogens is 1. The summed E-state index contributed by atoms with van der Waals surface area (Å²) in [6.07, 6.45) is 0. The average molecular weight is 317 g/mol. The number of thiophene rings is 1. The maximum Gasteiger partial charge on any atom is 0.315 e. The number of nitrogens with one attached hydrogen (secondary N) is 2. The largest absolute Gasteiger partial charge is 0.334 e. The van der Waals surface area contributed by atoms with Gasteiger partial charge in [-0.1, -0.05) is 18.2 Å². The second kappa shape index (κ2) is 6.24. The van der Waals surface area contributed by atoms with Crippen LogP contribution in [0.25, 0.3) is 10.1 Å². The van der Waals surface area contributed by atoms with E-state index in [2.05, 4.69) is 33.1 Å². The number of thiazole rings is 1. The topological polar surface area (TPSA) is 54.0 Å². The second-order valence-corrected chi connectivity index (χ2v) is 6.62. The van der Waals surface area contributed by atoms with Gasteiger partial charge in [-0.05, 0) is 29.3 Å². The van der Waals surface area contributed by atoms with E-state index in [1.165, 1.54) is 10.1 Å². The molecular formula is C15H15N3OS2. The molecule has 0 aliphatic carbocycles. The molecule has 0 spiro atoms. The maximum absolute atomic E-state index is 11.8. The van der Waals surface area contributed by atoms with Crippen LogP contribution in [0, 0.1) is 6.92 Å². The number of rotatable bonds is 4. The molecular weight excluding hydrogens is 302 g/mol. The van der Waals surface area contributed by atoms with Crippen LogP contribution in [0.1, 0.15) is 16.3 Å². The molecule has 2 N–H and O–H groups in total. The highest BCUT2D eigenvalue weighted by atomic mass is 32.1. The Labute approximate surface area is 130 Å². The standard InChI is InChI=1S/C15H15N3OS2/c1-10-18-12(9-20-10)7-17-15(19)16-6-11-8-21-14-5-3-2-4-13(11)14/h2-5,8-9H,6-7H2,1H3,(H2,16,17,19). The van der Waals surface area contributed by atoms with Gasteiger partial charge < -0.3 is 10.6 Å². The third-order valence-electron chi connectivity index (χ3n) is 3.10. The lowest BCUT2D eigenvalue weighted by molar-refractivity contribution is 0.240. The second-order valence-electron chi connectivity index (χ2n) is 4.65. The van der Waals surface area contributed by atoms with Crippen LogP contribution in [0.4, 0.5) is 4.79 Å². The minimum Gasteiger partial charge on any atom is -0.334 e. The summed E-state index contributed by atoms with van der Waals surface area (Å²) < 4.78 is 1.24. The van der Waals surface area contributed by atoms with E-state index in [1.807, 2.05) is 24.4 Å². The maximum atomic E-state index is 11.8. The number of benzene rings is 1. The Balaban J connectivity index is 1.54. The number of nitrogens with zero attached hydrogens (tertiary/aromatic N) is 1. The molecule has 0 bridgehead atoms. The summed E-state index contributed by atoms with van der Waals surface area (Å²) in [7, 11) is 0. The van der Waals surface area contributed by atoms with E-state index < -0.39 is 0 Å². The molecule has 3 aromatic rings. The van der Waals surface area contributed by atoms with Crippen LogP contribution in [0.3, 0.4) is 0 Å². The number of carbonyl (C=O) groups is 1. The number of aryl methyl sites for hydroxylation is 1. The Morgan fingerprint density at radius 2 is 1.95 bits per heavy atom. The first-order valence-electron chi connectivity index (χ1n) is 6.60. The van der Waals surface area contributed by atoms with Crippen LogP contribution in [-0.4, -0.2) is 11.0 Å². The smallest absolute Gasteiger partial charge is 0.315 e. The highest BCUT2D eigenvalue weighted by Crippen LogP contribution is 2.25. The number of hydrogen-bond donors (Lipinski definition) is 2. The molecule has 0 saturated heterocycles. The summed E-state index contributed by atoms with van der Waals surface area (Å²) in [5, 5.41) is 12.0. The SMILES string of the molecule is Cc1nc(CNC(=O)NCc2csc3ccccc23)cs1. The fraction of sp³-hybridized carbons (Fsp3) is 0.200. The summed E-state index contributed by atoms with van der Waals surface area (Å²) in [5.41, 5.74) is 2.05. The first-order valence-corrected chi connectivity index (χ1v) is 8.36. The van der Waals surface area contributed by atoms with Gasteiger partial charge in [-0.15, -0.1) is 22.7 Å². The molecule has 3 rings (SSSR count). The highest BCUT2D eigenvalue weighted by Gasteiger charge is 2.06.